The van der Waals surface area contributed by atoms with Crippen LogP contribution in [-0.4, -0.2) is 16.1 Å². The summed E-state index contributed by atoms with van der Waals surface area (Å²) >= 11 is 0. The van der Waals surface area contributed by atoms with Crippen molar-refractivity contribution < 1.29 is 40.7 Å². The number of rotatable bonds is 5. The zero-order valence-corrected chi connectivity index (χ0v) is 20.5. The standard InChI is InChI=1S/C25H19NO2.U/c1-4-24(27)17-10-12-22-20(14-17)21-15-18(11-13-23(21)26(22)5-2)25(28)19-9-7-6-8-16(19)3;/h6-13,15H,1,5H2,2-3H3;/q-2;+2. The molecular formula is C25H19NO2U. The van der Waals surface area contributed by atoms with E-state index in [1.807, 2.05) is 55.5 Å². The number of aromatic nitrogens is 1. The average molecular weight is 603 g/mol. The van der Waals surface area contributed by atoms with Crippen molar-refractivity contribution in [2.75, 3.05) is 0 Å². The van der Waals surface area contributed by atoms with E-state index >= 15 is 0 Å². The third-order valence-corrected chi connectivity index (χ3v) is 5.14. The maximum absolute atomic E-state index is 13.1. The van der Waals surface area contributed by atoms with E-state index in [0.717, 1.165) is 33.9 Å². The fourth-order valence-corrected chi connectivity index (χ4v) is 3.71. The largest absolute Gasteiger partial charge is 2.00 e. The smallest absolute Gasteiger partial charge is 0.379 e. The molecule has 0 aliphatic carbocycles. The first-order valence-electron chi connectivity index (χ1n) is 9.21. The van der Waals surface area contributed by atoms with E-state index in [4.69, 9.17) is 0 Å². The van der Waals surface area contributed by atoms with Crippen LogP contribution < -0.4 is 0 Å². The molecule has 3 nitrogen and oxygen atoms in total. The third kappa shape index (κ3) is 3.64. The van der Waals surface area contributed by atoms with Gasteiger partial charge in [-0.2, -0.15) is 6.58 Å². The van der Waals surface area contributed by atoms with Crippen molar-refractivity contribution >= 4 is 33.4 Å². The predicted molar refractivity (Wildman–Crippen MR) is 112 cm³/mol. The quantitative estimate of drug-likeness (QED) is 0.176. The van der Waals surface area contributed by atoms with E-state index < -0.39 is 0 Å². The summed E-state index contributed by atoms with van der Waals surface area (Å²) in [7, 11) is 0. The molecule has 29 heavy (non-hydrogen) atoms. The van der Waals surface area contributed by atoms with Crippen LogP contribution in [0.1, 0.15) is 38.8 Å². The molecular weight excluding hydrogens is 584 g/mol. The van der Waals surface area contributed by atoms with Gasteiger partial charge in [0, 0.05) is 23.2 Å². The molecule has 4 aromatic rings. The van der Waals surface area contributed by atoms with Crippen molar-refractivity contribution in [3.8, 4) is 0 Å². The van der Waals surface area contributed by atoms with Gasteiger partial charge in [-0.15, -0.1) is 11.5 Å². The van der Waals surface area contributed by atoms with Gasteiger partial charge in [-0.3, -0.25) is 10.9 Å². The van der Waals surface area contributed by atoms with Gasteiger partial charge in [0.05, 0.1) is 0 Å². The first-order chi connectivity index (χ1) is 13.5. The maximum atomic E-state index is 13.1. The van der Waals surface area contributed by atoms with Gasteiger partial charge in [0.1, 0.15) is 0 Å². The number of benzene rings is 3. The van der Waals surface area contributed by atoms with E-state index in [0.29, 0.717) is 16.7 Å². The molecule has 0 saturated heterocycles. The second-order valence-electron chi connectivity index (χ2n) is 6.76. The van der Waals surface area contributed by atoms with Crippen LogP contribution in [0.2, 0.25) is 0 Å². The molecule has 0 unspecified atom stereocenters. The summed E-state index contributed by atoms with van der Waals surface area (Å²) in [6.45, 7) is 8.22. The van der Waals surface area contributed by atoms with E-state index in [9.17, 15) is 9.59 Å². The Morgan fingerprint density at radius 1 is 1.07 bits per heavy atom. The van der Waals surface area contributed by atoms with Crippen LogP contribution in [0.3, 0.4) is 0 Å². The first kappa shape index (κ1) is 21.3. The number of hydrogen-bond donors (Lipinski definition) is 0. The summed E-state index contributed by atoms with van der Waals surface area (Å²) in [6, 6.07) is 20.2. The summed E-state index contributed by atoms with van der Waals surface area (Å²) in [6.07, 6.45) is 2.39. The molecule has 0 aliphatic rings. The van der Waals surface area contributed by atoms with Gasteiger partial charge in [-0.05, 0) is 31.0 Å². The summed E-state index contributed by atoms with van der Waals surface area (Å²) < 4.78 is 2.16. The van der Waals surface area contributed by atoms with Crippen LogP contribution in [0.4, 0.5) is 0 Å². The van der Waals surface area contributed by atoms with Crippen LogP contribution >= 0.6 is 0 Å². The second kappa shape index (κ2) is 8.53. The molecule has 1 heterocycles. The number of carbonyl (C=O) groups is 2. The van der Waals surface area contributed by atoms with Gasteiger partial charge in [0.2, 0.25) is 0 Å². The monoisotopic (exact) mass is 603 g/mol. The van der Waals surface area contributed by atoms with Gasteiger partial charge >= 0.3 is 31.1 Å². The van der Waals surface area contributed by atoms with Crippen molar-refractivity contribution in [1.29, 1.82) is 0 Å². The Morgan fingerprint density at radius 2 is 1.79 bits per heavy atom. The SMILES string of the molecule is C=[C-]C(=O)c1[c-]c2c3cc(C(=O)c4ccccc4C)ccc3n(CC)c2cc1.[U+2]. The number of Topliss-reactive ketones (excluding diaryl/α,β-unsaturated/α-hetero) is 1. The third-order valence-electron chi connectivity index (χ3n) is 5.14. The van der Waals surface area contributed by atoms with Crippen LogP contribution in [0.5, 0.6) is 0 Å². The van der Waals surface area contributed by atoms with E-state index in [1.165, 1.54) is 0 Å². The maximum Gasteiger partial charge on any atom is 2.00 e. The minimum absolute atomic E-state index is 0. The fraction of sp³-hybridized carbons (Fsp3) is 0.120. The number of nitrogens with zero attached hydrogens (tertiary/aromatic N) is 1. The van der Waals surface area contributed by atoms with Crippen molar-refractivity contribution in [2.45, 2.75) is 20.4 Å². The number of fused-ring (bicyclic) bond motifs is 3. The van der Waals surface area contributed by atoms with Gasteiger partial charge in [0.25, 0.3) is 0 Å². The van der Waals surface area contributed by atoms with Crippen molar-refractivity contribution in [3.63, 3.8) is 0 Å². The van der Waals surface area contributed by atoms with Crippen molar-refractivity contribution in [1.82, 2.24) is 4.57 Å². The zero-order valence-electron chi connectivity index (χ0n) is 16.4. The number of carbonyl (C=O) groups excluding carboxylic acids is 2. The predicted octanol–water partition coefficient (Wildman–Crippen LogP) is 5.33. The fourth-order valence-electron chi connectivity index (χ4n) is 3.71. The van der Waals surface area contributed by atoms with Crippen molar-refractivity contribution in [2.24, 2.45) is 0 Å². The molecule has 0 fully saturated rings. The van der Waals surface area contributed by atoms with E-state index in [-0.39, 0.29) is 42.7 Å². The Bertz CT molecular complexity index is 1270. The molecule has 0 atom stereocenters. The number of hydrogen-bond acceptors (Lipinski definition) is 2. The molecule has 0 saturated carbocycles. The topological polar surface area (TPSA) is 39.1 Å². The summed E-state index contributed by atoms with van der Waals surface area (Å²) in [5, 5.41) is 1.74. The minimum Gasteiger partial charge on any atom is -0.379 e. The molecule has 0 N–H and O–H groups in total. The van der Waals surface area contributed by atoms with Crippen molar-refractivity contribution in [3.05, 3.63) is 95.6 Å². The Kier molecular flexibility index (Phi) is 6.27. The van der Waals surface area contributed by atoms with Gasteiger partial charge in [-0.1, -0.05) is 47.6 Å². The molecule has 3 aromatic carbocycles. The van der Waals surface area contributed by atoms with Crippen LogP contribution in [0.15, 0.2) is 61.2 Å². The Labute approximate surface area is 193 Å². The van der Waals surface area contributed by atoms with Gasteiger partial charge < -0.3 is 9.36 Å². The molecule has 4 heteroatoms. The number of ketones is 2. The normalized spacial score (nSPS) is 10.7. The summed E-state index contributed by atoms with van der Waals surface area (Å²) in [4.78, 5) is 25.1. The van der Waals surface area contributed by atoms with Crippen LogP contribution in [0.25, 0.3) is 21.8 Å². The number of aryl methyl sites for hydroxylation is 2. The Morgan fingerprint density at radius 3 is 2.48 bits per heavy atom. The van der Waals surface area contributed by atoms with Crippen LogP contribution in [0, 0.1) is 50.2 Å². The van der Waals surface area contributed by atoms with Crippen LogP contribution in [-0.2, 0) is 6.54 Å². The van der Waals surface area contributed by atoms with E-state index in [2.05, 4.69) is 30.2 Å². The minimum atomic E-state index is -0.286. The molecule has 140 valence electrons. The molecule has 0 amide bonds. The summed E-state index contributed by atoms with van der Waals surface area (Å²) in [5.74, 6) is -0.296. The van der Waals surface area contributed by atoms with Gasteiger partial charge in [0.15, 0.2) is 5.78 Å². The molecule has 0 radical (unpaired) electrons. The molecule has 0 aliphatic heterocycles. The zero-order chi connectivity index (χ0) is 19.8. The van der Waals surface area contributed by atoms with Gasteiger partial charge in [-0.25, -0.2) is 17.7 Å². The molecule has 4 rings (SSSR count). The number of allylic oxidation sites excluding steroid dienone is 1. The Hall–Kier alpha value is -2.41. The first-order valence-corrected chi connectivity index (χ1v) is 9.21. The molecule has 0 spiro atoms. The van der Waals surface area contributed by atoms with E-state index in [1.54, 1.807) is 6.07 Å². The molecule has 1 aromatic heterocycles. The second-order valence-corrected chi connectivity index (χ2v) is 6.76. The molecule has 0 bridgehead atoms. The average Bonchev–Trinajstić information content (AvgIpc) is 3.05. The Balaban J connectivity index is 0.00000240. The summed E-state index contributed by atoms with van der Waals surface area (Å²) in [5.41, 5.74) is 4.69.